The molecule has 1 aliphatic rings. The lowest BCUT2D eigenvalue weighted by Crippen LogP contribution is -2.40. The first-order chi connectivity index (χ1) is 16.9. The monoisotopic (exact) mass is 488 g/mol. The number of hydrogen-bond acceptors (Lipinski definition) is 6. The quantitative estimate of drug-likeness (QED) is 0.473. The number of aromatic nitrogens is 1. The zero-order valence-corrected chi connectivity index (χ0v) is 21.0. The van der Waals surface area contributed by atoms with Crippen molar-refractivity contribution in [1.82, 2.24) is 4.57 Å². The van der Waals surface area contributed by atoms with E-state index >= 15 is 0 Å². The van der Waals surface area contributed by atoms with Crippen molar-refractivity contribution in [2.24, 2.45) is 4.99 Å². The van der Waals surface area contributed by atoms with Crippen LogP contribution in [-0.4, -0.2) is 23.8 Å². The third-order valence-corrected chi connectivity index (χ3v) is 6.58. The van der Waals surface area contributed by atoms with Gasteiger partial charge < -0.3 is 9.47 Å². The number of para-hydroxylation sites is 1. The number of fused-ring (bicyclic) bond motifs is 1. The summed E-state index contributed by atoms with van der Waals surface area (Å²) < 4.78 is 13.2. The van der Waals surface area contributed by atoms with Crippen LogP contribution in [0.25, 0.3) is 6.08 Å². The van der Waals surface area contributed by atoms with Gasteiger partial charge in [0, 0.05) is 5.56 Å². The fourth-order valence-electron chi connectivity index (χ4n) is 4.04. The Morgan fingerprint density at radius 1 is 1.14 bits per heavy atom. The number of benzene rings is 2. The first kappa shape index (κ1) is 24.4. The van der Waals surface area contributed by atoms with Gasteiger partial charge in [0.1, 0.15) is 11.8 Å². The van der Waals surface area contributed by atoms with Crippen molar-refractivity contribution in [2.75, 3.05) is 7.11 Å². The molecule has 0 saturated carbocycles. The summed E-state index contributed by atoms with van der Waals surface area (Å²) in [5, 5.41) is 0. The molecule has 2 heterocycles. The standard InChI is InChI=1S/C28H28N2O4S/c1-18(2)34-22-16-10-9-15-21(22)25-24(27(32)33-4)19(3)29-28-30(25)26(31)23(35-28)17-11-8-14-20-12-6-5-7-13-20/h5-13,15-18,25H,14H2,1-4H3/b11-8-,23-17-/t25-/m0/s1. The zero-order chi connectivity index (χ0) is 24.9. The minimum absolute atomic E-state index is 0.0756. The summed E-state index contributed by atoms with van der Waals surface area (Å²) in [5.74, 6) is 0.0913. The summed E-state index contributed by atoms with van der Waals surface area (Å²) in [6, 6.07) is 16.9. The third-order valence-electron chi connectivity index (χ3n) is 5.58. The van der Waals surface area contributed by atoms with Gasteiger partial charge in [-0.05, 0) is 44.9 Å². The van der Waals surface area contributed by atoms with Crippen LogP contribution in [-0.2, 0) is 16.0 Å². The first-order valence-electron chi connectivity index (χ1n) is 11.5. The molecule has 6 nitrogen and oxygen atoms in total. The third kappa shape index (κ3) is 5.20. The van der Waals surface area contributed by atoms with Gasteiger partial charge in [0.2, 0.25) is 0 Å². The second-order valence-electron chi connectivity index (χ2n) is 8.42. The second kappa shape index (κ2) is 10.7. The van der Waals surface area contributed by atoms with Gasteiger partial charge in [-0.1, -0.05) is 72.0 Å². The molecule has 0 amide bonds. The molecular weight excluding hydrogens is 460 g/mol. The van der Waals surface area contributed by atoms with Crippen molar-refractivity contribution in [2.45, 2.75) is 39.3 Å². The van der Waals surface area contributed by atoms with E-state index in [1.54, 1.807) is 17.6 Å². The van der Waals surface area contributed by atoms with Gasteiger partial charge in [0.05, 0.1) is 29.0 Å². The van der Waals surface area contributed by atoms with Gasteiger partial charge in [-0.15, -0.1) is 0 Å². The molecule has 1 atom stereocenters. The Morgan fingerprint density at radius 2 is 1.86 bits per heavy atom. The molecule has 0 unspecified atom stereocenters. The van der Waals surface area contributed by atoms with E-state index in [-0.39, 0.29) is 11.7 Å². The number of methoxy groups -OCH3 is 1. The molecular formula is C28H28N2O4S. The number of carbonyl (C=O) groups excluding carboxylic acids is 1. The maximum atomic E-state index is 13.6. The fraction of sp³-hybridized carbons (Fsp3) is 0.250. The minimum Gasteiger partial charge on any atom is -0.491 e. The van der Waals surface area contributed by atoms with Gasteiger partial charge in [-0.3, -0.25) is 9.36 Å². The average molecular weight is 489 g/mol. The van der Waals surface area contributed by atoms with Gasteiger partial charge in [0.15, 0.2) is 4.80 Å². The summed E-state index contributed by atoms with van der Waals surface area (Å²) in [7, 11) is 1.33. The van der Waals surface area contributed by atoms with Crippen LogP contribution >= 0.6 is 11.3 Å². The molecule has 0 N–H and O–H groups in total. The van der Waals surface area contributed by atoms with Crippen molar-refractivity contribution in [3.63, 3.8) is 0 Å². The molecule has 0 spiro atoms. The van der Waals surface area contributed by atoms with Crippen LogP contribution in [0.2, 0.25) is 0 Å². The molecule has 0 saturated heterocycles. The molecule has 3 aromatic rings. The van der Waals surface area contributed by atoms with E-state index < -0.39 is 12.0 Å². The number of rotatable bonds is 7. The van der Waals surface area contributed by atoms with Crippen LogP contribution in [0.5, 0.6) is 5.75 Å². The number of thiazole rings is 1. The summed E-state index contributed by atoms with van der Waals surface area (Å²) >= 11 is 1.30. The molecule has 35 heavy (non-hydrogen) atoms. The highest BCUT2D eigenvalue weighted by Crippen LogP contribution is 2.36. The van der Waals surface area contributed by atoms with E-state index in [4.69, 9.17) is 9.47 Å². The molecule has 1 aromatic heterocycles. The van der Waals surface area contributed by atoms with E-state index in [0.29, 0.717) is 31.9 Å². The van der Waals surface area contributed by atoms with E-state index in [1.807, 2.05) is 68.5 Å². The normalized spacial score (nSPS) is 15.9. The number of allylic oxidation sites excluding steroid dienone is 3. The van der Waals surface area contributed by atoms with Crippen LogP contribution in [0.3, 0.4) is 0 Å². The van der Waals surface area contributed by atoms with Crippen molar-refractivity contribution < 1.29 is 14.3 Å². The summed E-state index contributed by atoms with van der Waals surface area (Å²) in [5.41, 5.74) is 2.54. The highest BCUT2D eigenvalue weighted by atomic mass is 32.1. The number of nitrogens with zero attached hydrogens (tertiary/aromatic N) is 2. The Morgan fingerprint density at radius 3 is 2.57 bits per heavy atom. The molecule has 0 aliphatic carbocycles. The fourth-order valence-corrected chi connectivity index (χ4v) is 5.04. The SMILES string of the molecule is COC(=O)C1=C(C)N=c2s/c(=C\C=C/Cc3ccccc3)c(=O)n2[C@H]1c1ccccc1OC(C)C. The summed E-state index contributed by atoms with van der Waals surface area (Å²) in [4.78, 5) is 31.6. The van der Waals surface area contributed by atoms with Gasteiger partial charge in [-0.25, -0.2) is 9.79 Å². The van der Waals surface area contributed by atoms with Gasteiger partial charge >= 0.3 is 5.97 Å². The largest absolute Gasteiger partial charge is 0.491 e. The minimum atomic E-state index is -0.705. The molecule has 1 aliphatic heterocycles. The first-order valence-corrected chi connectivity index (χ1v) is 12.3. The Balaban J connectivity index is 1.83. The molecule has 4 rings (SSSR count). The lowest BCUT2D eigenvalue weighted by molar-refractivity contribution is -0.136. The molecule has 0 bridgehead atoms. The number of carbonyl (C=O) groups is 1. The van der Waals surface area contributed by atoms with E-state index in [0.717, 1.165) is 6.42 Å². The predicted molar refractivity (Wildman–Crippen MR) is 138 cm³/mol. The lowest BCUT2D eigenvalue weighted by Gasteiger charge is -2.26. The predicted octanol–water partition coefficient (Wildman–Crippen LogP) is 3.95. The number of ether oxygens (including phenoxy) is 2. The zero-order valence-electron chi connectivity index (χ0n) is 20.2. The van der Waals surface area contributed by atoms with Crippen molar-refractivity contribution in [3.8, 4) is 5.75 Å². The lowest BCUT2D eigenvalue weighted by atomic mass is 9.95. The Labute approximate surface area is 208 Å². The van der Waals surface area contributed by atoms with Gasteiger partial charge in [-0.2, -0.15) is 0 Å². The van der Waals surface area contributed by atoms with Crippen LogP contribution in [0.15, 0.2) is 87.8 Å². The molecule has 2 aromatic carbocycles. The van der Waals surface area contributed by atoms with Crippen LogP contribution in [0, 0.1) is 0 Å². The Hall–Kier alpha value is -3.71. The molecule has 180 valence electrons. The smallest absolute Gasteiger partial charge is 0.338 e. The molecule has 7 heteroatoms. The van der Waals surface area contributed by atoms with Crippen LogP contribution in [0.4, 0.5) is 0 Å². The Kier molecular flexibility index (Phi) is 7.46. The molecule has 0 fully saturated rings. The number of esters is 1. The van der Waals surface area contributed by atoms with Crippen molar-refractivity contribution in [3.05, 3.63) is 109 Å². The average Bonchev–Trinajstić information content (AvgIpc) is 3.16. The van der Waals surface area contributed by atoms with E-state index in [1.165, 1.54) is 24.0 Å². The maximum Gasteiger partial charge on any atom is 0.338 e. The van der Waals surface area contributed by atoms with E-state index in [2.05, 4.69) is 17.1 Å². The number of hydrogen-bond donors (Lipinski definition) is 0. The summed E-state index contributed by atoms with van der Waals surface area (Å²) in [6.45, 7) is 5.64. The highest BCUT2D eigenvalue weighted by molar-refractivity contribution is 7.07. The topological polar surface area (TPSA) is 69.9 Å². The van der Waals surface area contributed by atoms with Crippen LogP contribution in [0.1, 0.15) is 37.9 Å². The maximum absolute atomic E-state index is 13.6. The molecule has 0 radical (unpaired) electrons. The van der Waals surface area contributed by atoms with Crippen molar-refractivity contribution in [1.29, 1.82) is 0 Å². The second-order valence-corrected chi connectivity index (χ2v) is 9.43. The summed E-state index contributed by atoms with van der Waals surface area (Å²) in [6.07, 6.45) is 6.40. The van der Waals surface area contributed by atoms with E-state index in [9.17, 15) is 9.59 Å². The highest BCUT2D eigenvalue weighted by Gasteiger charge is 2.34. The van der Waals surface area contributed by atoms with Gasteiger partial charge in [0.25, 0.3) is 5.56 Å². The van der Waals surface area contributed by atoms with Crippen molar-refractivity contribution >= 4 is 23.4 Å². The Bertz CT molecular complexity index is 1460. The van der Waals surface area contributed by atoms with Crippen LogP contribution < -0.4 is 19.6 Å².